The van der Waals surface area contributed by atoms with Crippen molar-refractivity contribution in [2.75, 3.05) is 0 Å². The van der Waals surface area contributed by atoms with Crippen molar-refractivity contribution in [2.24, 2.45) is 0 Å². The summed E-state index contributed by atoms with van der Waals surface area (Å²) >= 11 is 0. The van der Waals surface area contributed by atoms with Gasteiger partial charge in [0.05, 0.1) is 0 Å². The van der Waals surface area contributed by atoms with Crippen molar-refractivity contribution in [2.45, 2.75) is 0 Å². The van der Waals surface area contributed by atoms with E-state index in [-0.39, 0.29) is 25.8 Å². The Labute approximate surface area is 209 Å². The van der Waals surface area contributed by atoms with E-state index in [0.29, 0.717) is 0 Å². The molecule has 0 spiro atoms. The van der Waals surface area contributed by atoms with Gasteiger partial charge in [-0.15, -0.1) is 70.0 Å². The molecule has 0 atom stereocenters. The molecule has 6 rings (SSSR count). The fourth-order valence-electron chi connectivity index (χ4n) is 3.93. The molecular formula is C30H23HfP+2. The van der Waals surface area contributed by atoms with Crippen LogP contribution in [0.5, 0.6) is 0 Å². The first-order valence-electron chi connectivity index (χ1n) is 10.5. The summed E-state index contributed by atoms with van der Waals surface area (Å²) in [6, 6.07) is 49.7. The molecule has 0 amide bonds. The predicted octanol–water partition coefficient (Wildman–Crippen LogP) is 6.87. The maximum absolute atomic E-state index is 2.35. The van der Waals surface area contributed by atoms with Crippen LogP contribution in [0.3, 0.4) is 0 Å². The number of benzene rings is 4. The van der Waals surface area contributed by atoms with E-state index in [1.54, 1.807) is 0 Å². The summed E-state index contributed by atoms with van der Waals surface area (Å²) in [4.78, 5) is 0. The zero-order valence-electron chi connectivity index (χ0n) is 17.7. The fourth-order valence-corrected chi connectivity index (χ4v) is 6.31. The van der Waals surface area contributed by atoms with Gasteiger partial charge in [0, 0.05) is 0 Å². The van der Waals surface area contributed by atoms with Gasteiger partial charge in [0.1, 0.15) is 0 Å². The van der Waals surface area contributed by atoms with E-state index in [1.807, 2.05) is 0 Å². The largest absolute Gasteiger partial charge is 4.00 e. The molecule has 0 heterocycles. The Hall–Kier alpha value is -2.60. The monoisotopic (exact) mass is 594 g/mol. The molecule has 0 nitrogen and oxygen atoms in total. The van der Waals surface area contributed by atoms with Crippen molar-refractivity contribution in [1.29, 1.82) is 0 Å². The van der Waals surface area contributed by atoms with Crippen molar-refractivity contribution in [3.8, 4) is 0 Å². The van der Waals surface area contributed by atoms with Gasteiger partial charge >= 0.3 is 25.8 Å². The van der Waals surface area contributed by atoms with Crippen LogP contribution in [0, 0.1) is 0 Å². The maximum Gasteiger partial charge on any atom is 4.00 e. The minimum Gasteiger partial charge on any atom is -0.168 e. The molecule has 2 heteroatoms. The summed E-state index contributed by atoms with van der Waals surface area (Å²) < 4.78 is 0. The minimum atomic E-state index is -0.493. The van der Waals surface area contributed by atoms with Crippen molar-refractivity contribution in [3.63, 3.8) is 0 Å². The SMILES string of the molecule is [Hf+4].c1ccc(P(c2ccccc2)c2cc3ccccc3[cH-]2)cc1.c1ccc2[cH-]ccc2c1. The molecule has 150 valence electrons. The van der Waals surface area contributed by atoms with Crippen LogP contribution in [0.4, 0.5) is 0 Å². The van der Waals surface area contributed by atoms with Gasteiger partial charge in [0.2, 0.25) is 0 Å². The summed E-state index contributed by atoms with van der Waals surface area (Å²) in [6.45, 7) is 0. The molecule has 0 unspecified atom stereocenters. The van der Waals surface area contributed by atoms with Crippen LogP contribution < -0.4 is 15.9 Å². The van der Waals surface area contributed by atoms with E-state index >= 15 is 0 Å². The molecule has 0 saturated heterocycles. The Bertz CT molecular complexity index is 1280. The maximum atomic E-state index is 2.35. The van der Waals surface area contributed by atoms with Crippen molar-refractivity contribution >= 4 is 45.4 Å². The average Bonchev–Trinajstić information content (AvgIpc) is 3.48. The average molecular weight is 593 g/mol. The normalized spacial score (nSPS) is 10.5. The topological polar surface area (TPSA) is 0 Å². The second-order valence-corrected chi connectivity index (χ2v) is 9.72. The third-order valence-electron chi connectivity index (χ3n) is 5.44. The van der Waals surface area contributed by atoms with Gasteiger partial charge in [0.15, 0.2) is 0 Å². The van der Waals surface area contributed by atoms with Crippen LogP contribution in [0.15, 0.2) is 140 Å². The standard InChI is InChI=1S/C21H16P.C9H7.Hf/c1-3-11-19(12-4-1)22(20-13-5-2-6-14-20)21-15-17-9-7-8-10-18(17)16-21;1-2-5-9-7-3-6-8(9)4-1;/h1-16H;1-7H;/q2*-1;+4. The van der Waals surface area contributed by atoms with Crippen LogP contribution in [-0.4, -0.2) is 0 Å². The molecule has 6 aromatic rings. The van der Waals surface area contributed by atoms with E-state index in [2.05, 4.69) is 140 Å². The molecule has 0 radical (unpaired) electrons. The molecule has 0 aromatic heterocycles. The summed E-state index contributed by atoms with van der Waals surface area (Å²) in [5, 5.41) is 9.55. The van der Waals surface area contributed by atoms with Crippen molar-refractivity contribution in [1.82, 2.24) is 0 Å². The molecule has 0 bridgehead atoms. The molecule has 32 heavy (non-hydrogen) atoms. The van der Waals surface area contributed by atoms with Crippen LogP contribution in [0.25, 0.3) is 21.5 Å². The molecule has 6 aromatic carbocycles. The molecule has 0 aliphatic carbocycles. The third kappa shape index (κ3) is 5.07. The van der Waals surface area contributed by atoms with Crippen LogP contribution in [0.2, 0.25) is 0 Å². The fraction of sp³-hybridized carbons (Fsp3) is 0. The van der Waals surface area contributed by atoms with E-state index in [4.69, 9.17) is 0 Å². The van der Waals surface area contributed by atoms with Crippen molar-refractivity contribution in [3.05, 3.63) is 140 Å². The van der Waals surface area contributed by atoms with Gasteiger partial charge in [-0.2, -0.15) is 23.6 Å². The number of hydrogen-bond acceptors (Lipinski definition) is 0. The Morgan fingerprint density at radius 2 is 1.03 bits per heavy atom. The summed E-state index contributed by atoms with van der Waals surface area (Å²) in [5.74, 6) is 0. The summed E-state index contributed by atoms with van der Waals surface area (Å²) in [6.07, 6.45) is 0. The van der Waals surface area contributed by atoms with E-state index in [0.717, 1.165) is 0 Å². The van der Waals surface area contributed by atoms with Gasteiger partial charge in [-0.25, -0.2) is 0 Å². The molecule has 0 saturated carbocycles. The predicted molar refractivity (Wildman–Crippen MR) is 138 cm³/mol. The zero-order valence-corrected chi connectivity index (χ0v) is 22.2. The van der Waals surface area contributed by atoms with Gasteiger partial charge in [0.25, 0.3) is 0 Å². The summed E-state index contributed by atoms with van der Waals surface area (Å²) in [7, 11) is -0.493. The second kappa shape index (κ2) is 10.8. The Morgan fingerprint density at radius 3 is 1.62 bits per heavy atom. The van der Waals surface area contributed by atoms with Crippen molar-refractivity contribution < 1.29 is 25.8 Å². The molecule has 0 aliphatic heterocycles. The smallest absolute Gasteiger partial charge is 0.168 e. The number of rotatable bonds is 3. The first-order valence-corrected chi connectivity index (χ1v) is 11.9. The Kier molecular flexibility index (Phi) is 7.63. The van der Waals surface area contributed by atoms with E-state index in [1.165, 1.54) is 37.5 Å². The third-order valence-corrected chi connectivity index (χ3v) is 7.84. The van der Waals surface area contributed by atoms with Gasteiger partial charge < -0.3 is 0 Å². The molecule has 0 fully saturated rings. The van der Waals surface area contributed by atoms with Crippen LogP contribution in [0.1, 0.15) is 0 Å². The van der Waals surface area contributed by atoms with Gasteiger partial charge in [-0.1, -0.05) is 72.8 Å². The van der Waals surface area contributed by atoms with E-state index in [9.17, 15) is 0 Å². The summed E-state index contributed by atoms with van der Waals surface area (Å²) in [5.41, 5.74) is 0. The Balaban J connectivity index is 0.000000205. The first kappa shape index (κ1) is 22.6. The second-order valence-electron chi connectivity index (χ2n) is 7.50. The quantitative estimate of drug-likeness (QED) is 0.120. The zero-order chi connectivity index (χ0) is 20.9. The van der Waals surface area contributed by atoms with Gasteiger partial charge in [-0.3, -0.25) is 0 Å². The van der Waals surface area contributed by atoms with E-state index < -0.39 is 7.92 Å². The van der Waals surface area contributed by atoms with Crippen LogP contribution in [-0.2, 0) is 25.8 Å². The number of hydrogen-bond donors (Lipinski definition) is 0. The first-order chi connectivity index (χ1) is 15.4. The molecule has 0 aliphatic rings. The Morgan fingerprint density at radius 1 is 0.500 bits per heavy atom. The molecular weight excluding hydrogens is 570 g/mol. The minimum absolute atomic E-state index is 0. The van der Waals surface area contributed by atoms with Crippen LogP contribution >= 0.6 is 7.92 Å². The molecule has 0 N–H and O–H groups in total. The van der Waals surface area contributed by atoms with Gasteiger partial charge in [-0.05, 0) is 18.5 Å². The number of fused-ring (bicyclic) bond motifs is 2.